The number of oxime groups is 1. The van der Waals surface area contributed by atoms with Crippen LogP contribution in [0.5, 0.6) is 0 Å². The fourth-order valence-electron chi connectivity index (χ4n) is 2.80. The number of anilines is 1. The van der Waals surface area contributed by atoms with Crippen molar-refractivity contribution >= 4 is 17.4 Å². The van der Waals surface area contributed by atoms with Gasteiger partial charge in [0.15, 0.2) is 5.84 Å². The maximum absolute atomic E-state index is 12.5. The highest BCUT2D eigenvalue weighted by Gasteiger charge is 2.52. The summed E-state index contributed by atoms with van der Waals surface area (Å²) in [5.74, 6) is 0.128. The first kappa shape index (κ1) is 14.3. The van der Waals surface area contributed by atoms with Crippen LogP contribution in [0.15, 0.2) is 17.3 Å². The van der Waals surface area contributed by atoms with Gasteiger partial charge in [0.25, 0.3) is 0 Å². The van der Waals surface area contributed by atoms with Crippen LogP contribution >= 0.6 is 0 Å². The maximum atomic E-state index is 12.5. The molecule has 108 valence electrons. The predicted octanol–water partition coefficient (Wildman–Crippen LogP) is 1.80. The Labute approximate surface area is 118 Å². The van der Waals surface area contributed by atoms with Gasteiger partial charge in [0, 0.05) is 5.69 Å². The number of nitrogens with two attached hydrogens (primary N) is 1. The van der Waals surface area contributed by atoms with E-state index < -0.39 is 5.41 Å². The second kappa shape index (κ2) is 5.11. The summed E-state index contributed by atoms with van der Waals surface area (Å²) in [7, 11) is 0. The van der Waals surface area contributed by atoms with Crippen molar-refractivity contribution < 1.29 is 10.0 Å². The molecule has 1 aliphatic rings. The molecule has 2 rings (SSSR count). The SMILES string of the molecule is Cc1ccc(NC(=O)C2(/C(N)=N/O)CC(C)C2)c(C)n1. The van der Waals surface area contributed by atoms with Gasteiger partial charge < -0.3 is 16.3 Å². The smallest absolute Gasteiger partial charge is 0.238 e. The molecule has 6 nitrogen and oxygen atoms in total. The molecule has 6 heteroatoms. The highest BCUT2D eigenvalue weighted by atomic mass is 16.4. The van der Waals surface area contributed by atoms with E-state index in [1.165, 1.54) is 0 Å². The van der Waals surface area contributed by atoms with Crippen molar-refractivity contribution in [3.63, 3.8) is 0 Å². The number of hydrogen-bond donors (Lipinski definition) is 3. The number of pyridine rings is 1. The zero-order valence-corrected chi connectivity index (χ0v) is 12.0. The van der Waals surface area contributed by atoms with Gasteiger partial charge >= 0.3 is 0 Å². The summed E-state index contributed by atoms with van der Waals surface area (Å²) in [6, 6.07) is 3.65. The van der Waals surface area contributed by atoms with Crippen molar-refractivity contribution in [3.05, 3.63) is 23.5 Å². The molecule has 1 aliphatic carbocycles. The molecular formula is C14H20N4O2. The first-order valence-electron chi connectivity index (χ1n) is 6.63. The summed E-state index contributed by atoms with van der Waals surface area (Å²) in [6.45, 7) is 5.77. The van der Waals surface area contributed by atoms with E-state index in [1.807, 2.05) is 32.9 Å². The molecule has 0 unspecified atom stereocenters. The Balaban J connectivity index is 2.22. The first-order chi connectivity index (χ1) is 9.39. The molecule has 0 bridgehead atoms. The molecule has 0 aliphatic heterocycles. The van der Waals surface area contributed by atoms with E-state index in [2.05, 4.69) is 15.5 Å². The summed E-state index contributed by atoms with van der Waals surface area (Å²) in [5.41, 5.74) is 7.12. The monoisotopic (exact) mass is 276 g/mol. The van der Waals surface area contributed by atoms with Gasteiger partial charge in [-0.2, -0.15) is 0 Å². The van der Waals surface area contributed by atoms with E-state index in [9.17, 15) is 4.79 Å². The van der Waals surface area contributed by atoms with Crippen LogP contribution in [0.2, 0.25) is 0 Å². The number of hydrogen-bond acceptors (Lipinski definition) is 4. The molecule has 1 fully saturated rings. The lowest BCUT2D eigenvalue weighted by Gasteiger charge is -2.43. The molecule has 1 aromatic rings. The number of amides is 1. The minimum atomic E-state index is -0.897. The molecule has 1 amide bonds. The summed E-state index contributed by atoms with van der Waals surface area (Å²) < 4.78 is 0. The lowest BCUT2D eigenvalue weighted by atomic mass is 9.61. The Morgan fingerprint density at radius 2 is 2.15 bits per heavy atom. The number of nitrogens with one attached hydrogen (secondary N) is 1. The van der Waals surface area contributed by atoms with E-state index >= 15 is 0 Å². The second-order valence-electron chi connectivity index (χ2n) is 5.62. The van der Waals surface area contributed by atoms with Crippen molar-refractivity contribution in [2.24, 2.45) is 22.2 Å². The van der Waals surface area contributed by atoms with Crippen LogP contribution in [0.3, 0.4) is 0 Å². The van der Waals surface area contributed by atoms with Gasteiger partial charge in [-0.1, -0.05) is 12.1 Å². The topological polar surface area (TPSA) is 101 Å². The van der Waals surface area contributed by atoms with E-state index in [1.54, 1.807) is 0 Å². The fourth-order valence-corrected chi connectivity index (χ4v) is 2.80. The van der Waals surface area contributed by atoms with Crippen molar-refractivity contribution in [2.45, 2.75) is 33.6 Å². The van der Waals surface area contributed by atoms with Gasteiger partial charge in [0.05, 0.1) is 11.4 Å². The third kappa shape index (κ3) is 2.33. The van der Waals surface area contributed by atoms with Crippen molar-refractivity contribution in [2.75, 3.05) is 5.32 Å². The third-order valence-corrected chi connectivity index (χ3v) is 3.90. The zero-order chi connectivity index (χ0) is 14.9. The highest BCUT2D eigenvalue weighted by molar-refractivity contribution is 6.12. The third-order valence-electron chi connectivity index (χ3n) is 3.90. The summed E-state index contributed by atoms with van der Waals surface area (Å²) in [6.07, 6.45) is 1.18. The van der Waals surface area contributed by atoms with Crippen LogP contribution < -0.4 is 11.1 Å². The Bertz CT molecular complexity index is 562. The number of aromatic nitrogens is 1. The van der Waals surface area contributed by atoms with E-state index in [-0.39, 0.29) is 11.7 Å². The number of aryl methyl sites for hydroxylation is 2. The van der Waals surface area contributed by atoms with Crippen LogP contribution in [-0.2, 0) is 4.79 Å². The lowest BCUT2D eigenvalue weighted by Crippen LogP contribution is -2.54. The average Bonchev–Trinajstić information content (AvgIpc) is 2.37. The average molecular weight is 276 g/mol. The fraction of sp³-hybridized carbons (Fsp3) is 0.500. The molecule has 0 aromatic carbocycles. The van der Waals surface area contributed by atoms with Crippen molar-refractivity contribution in [3.8, 4) is 0 Å². The Hall–Kier alpha value is -2.11. The van der Waals surface area contributed by atoms with Crippen LogP contribution in [0.25, 0.3) is 0 Å². The summed E-state index contributed by atoms with van der Waals surface area (Å²) in [4.78, 5) is 16.8. The van der Waals surface area contributed by atoms with Gasteiger partial charge in [0.2, 0.25) is 5.91 Å². The standard InChI is InChI=1S/C14H20N4O2/c1-8-6-14(7-8,12(15)18-20)13(19)17-11-5-4-9(2)16-10(11)3/h4-5,8,20H,6-7H2,1-3H3,(H2,15,18)(H,17,19). The number of amidine groups is 1. The molecule has 0 saturated heterocycles. The molecule has 20 heavy (non-hydrogen) atoms. The van der Waals surface area contributed by atoms with E-state index in [4.69, 9.17) is 10.9 Å². The predicted molar refractivity (Wildman–Crippen MR) is 76.6 cm³/mol. The van der Waals surface area contributed by atoms with E-state index in [0.717, 1.165) is 11.4 Å². The number of rotatable bonds is 3. The molecule has 1 saturated carbocycles. The molecule has 0 spiro atoms. The van der Waals surface area contributed by atoms with Crippen LogP contribution in [0.4, 0.5) is 5.69 Å². The number of carbonyl (C=O) groups excluding carboxylic acids is 1. The normalized spacial score (nSPS) is 25.9. The van der Waals surface area contributed by atoms with E-state index in [0.29, 0.717) is 24.4 Å². The zero-order valence-electron chi connectivity index (χ0n) is 12.0. The van der Waals surface area contributed by atoms with Gasteiger partial charge in [-0.25, -0.2) is 0 Å². The Morgan fingerprint density at radius 3 is 2.65 bits per heavy atom. The molecular weight excluding hydrogens is 256 g/mol. The largest absolute Gasteiger partial charge is 0.409 e. The van der Waals surface area contributed by atoms with Gasteiger partial charge in [0.1, 0.15) is 5.41 Å². The minimum absolute atomic E-state index is 0.0224. The minimum Gasteiger partial charge on any atom is -0.409 e. The maximum Gasteiger partial charge on any atom is 0.238 e. The van der Waals surface area contributed by atoms with Crippen molar-refractivity contribution in [1.29, 1.82) is 0 Å². The number of nitrogens with zero attached hydrogens (tertiary/aromatic N) is 2. The molecule has 0 radical (unpaired) electrons. The molecule has 4 N–H and O–H groups in total. The Morgan fingerprint density at radius 1 is 1.50 bits per heavy atom. The Kier molecular flexibility index (Phi) is 3.65. The van der Waals surface area contributed by atoms with Gasteiger partial charge in [-0.15, -0.1) is 0 Å². The molecule has 1 heterocycles. The van der Waals surface area contributed by atoms with Gasteiger partial charge in [-0.05, 0) is 44.7 Å². The summed E-state index contributed by atoms with van der Waals surface area (Å²) >= 11 is 0. The van der Waals surface area contributed by atoms with Crippen LogP contribution in [0.1, 0.15) is 31.2 Å². The molecule has 1 aromatic heterocycles. The number of carbonyl (C=O) groups is 1. The second-order valence-corrected chi connectivity index (χ2v) is 5.62. The quantitative estimate of drug-likeness (QED) is 0.339. The first-order valence-corrected chi connectivity index (χ1v) is 6.63. The van der Waals surface area contributed by atoms with Crippen molar-refractivity contribution in [1.82, 2.24) is 4.98 Å². The molecule has 0 atom stereocenters. The lowest BCUT2D eigenvalue weighted by molar-refractivity contribution is -0.127. The summed E-state index contributed by atoms with van der Waals surface area (Å²) in [5, 5.41) is 14.8. The van der Waals surface area contributed by atoms with Crippen LogP contribution in [0, 0.1) is 25.2 Å². The van der Waals surface area contributed by atoms with Crippen LogP contribution in [-0.4, -0.2) is 21.9 Å². The van der Waals surface area contributed by atoms with Gasteiger partial charge in [-0.3, -0.25) is 9.78 Å². The highest BCUT2D eigenvalue weighted by Crippen LogP contribution is 2.46.